The van der Waals surface area contributed by atoms with E-state index in [0.29, 0.717) is 31.7 Å². The summed E-state index contributed by atoms with van der Waals surface area (Å²) >= 11 is 0. The van der Waals surface area contributed by atoms with Gasteiger partial charge in [-0.25, -0.2) is 8.78 Å². The fourth-order valence-electron chi connectivity index (χ4n) is 3.59. The van der Waals surface area contributed by atoms with Crippen LogP contribution in [0.4, 0.5) is 14.5 Å². The Hall–Kier alpha value is -2.02. The maximum atomic E-state index is 13.4. The van der Waals surface area contributed by atoms with Gasteiger partial charge in [0.2, 0.25) is 11.8 Å². The van der Waals surface area contributed by atoms with Gasteiger partial charge in [-0.2, -0.15) is 0 Å². The smallest absolute Gasteiger partial charge is 0.239 e. The van der Waals surface area contributed by atoms with Crippen LogP contribution in [0.1, 0.15) is 19.3 Å². The second-order valence-electron chi connectivity index (χ2n) is 6.31. The van der Waals surface area contributed by atoms with E-state index in [1.165, 1.54) is 11.0 Å². The molecule has 2 aliphatic rings. The molecule has 2 aliphatic heterocycles. The van der Waals surface area contributed by atoms with E-state index in [-0.39, 0.29) is 17.9 Å². The van der Waals surface area contributed by atoms with Crippen molar-refractivity contribution in [3.63, 3.8) is 0 Å². The lowest BCUT2D eigenvalue weighted by atomic mass is 10.1. The van der Waals surface area contributed by atoms with E-state index in [9.17, 15) is 18.4 Å². The monoisotopic (exact) mass is 337 g/mol. The van der Waals surface area contributed by atoms with Crippen molar-refractivity contribution in [2.75, 3.05) is 31.6 Å². The second-order valence-corrected chi connectivity index (χ2v) is 6.31. The Morgan fingerprint density at radius 1 is 1.25 bits per heavy atom. The summed E-state index contributed by atoms with van der Waals surface area (Å²) in [6.07, 6.45) is 2.27. The molecule has 0 aromatic heterocycles. The molecule has 1 aromatic rings. The molecule has 0 aliphatic carbocycles. The van der Waals surface area contributed by atoms with Gasteiger partial charge in [-0.3, -0.25) is 9.59 Å². The van der Waals surface area contributed by atoms with Gasteiger partial charge in [-0.05, 0) is 38.4 Å². The zero-order valence-corrected chi connectivity index (χ0v) is 13.6. The Labute approximate surface area is 139 Å². The van der Waals surface area contributed by atoms with Crippen LogP contribution in [0.5, 0.6) is 0 Å². The van der Waals surface area contributed by atoms with Crippen molar-refractivity contribution < 1.29 is 18.4 Å². The Kier molecular flexibility index (Phi) is 4.80. The van der Waals surface area contributed by atoms with Crippen molar-refractivity contribution in [2.45, 2.75) is 25.3 Å². The molecule has 2 saturated heterocycles. The molecule has 2 fully saturated rings. The van der Waals surface area contributed by atoms with Crippen LogP contribution in [-0.4, -0.2) is 49.4 Å². The predicted octanol–water partition coefficient (Wildman–Crippen LogP) is 1.53. The summed E-state index contributed by atoms with van der Waals surface area (Å²) in [5, 5.41) is 3.08. The molecule has 24 heavy (non-hydrogen) atoms. The summed E-state index contributed by atoms with van der Waals surface area (Å²) in [5.41, 5.74) is 0.294. The van der Waals surface area contributed by atoms with E-state index in [1.54, 1.807) is 4.90 Å². The first-order valence-corrected chi connectivity index (χ1v) is 8.24. The third-order valence-corrected chi connectivity index (χ3v) is 4.82. The zero-order valence-electron chi connectivity index (χ0n) is 13.6. The number of rotatable bonds is 4. The van der Waals surface area contributed by atoms with Crippen LogP contribution < -0.4 is 10.2 Å². The first kappa shape index (κ1) is 16.8. The Morgan fingerprint density at radius 2 is 2.04 bits per heavy atom. The van der Waals surface area contributed by atoms with Crippen LogP contribution in [0.3, 0.4) is 0 Å². The minimum absolute atomic E-state index is 0.118. The third kappa shape index (κ3) is 3.00. The number of likely N-dealkylation sites (tertiary alicyclic amines) is 1. The maximum absolute atomic E-state index is 13.4. The first-order valence-electron chi connectivity index (χ1n) is 8.24. The summed E-state index contributed by atoms with van der Waals surface area (Å²) in [6, 6.07) is 3.48. The lowest BCUT2D eigenvalue weighted by Gasteiger charge is -2.27. The maximum Gasteiger partial charge on any atom is 0.239 e. The highest BCUT2D eigenvalue weighted by Crippen LogP contribution is 2.29. The second kappa shape index (κ2) is 6.84. The molecule has 3 rings (SSSR count). The average Bonchev–Trinajstić information content (AvgIpc) is 3.17. The number of amides is 2. The van der Waals surface area contributed by atoms with E-state index < -0.39 is 17.6 Å². The number of carbonyl (C=O) groups excluding carboxylic acids is 2. The summed E-state index contributed by atoms with van der Waals surface area (Å²) in [4.78, 5) is 28.5. The molecule has 0 bridgehead atoms. The van der Waals surface area contributed by atoms with Crippen LogP contribution in [0.25, 0.3) is 0 Å². The van der Waals surface area contributed by atoms with Crippen LogP contribution in [0.15, 0.2) is 18.2 Å². The molecule has 2 heterocycles. The van der Waals surface area contributed by atoms with Crippen molar-refractivity contribution in [3.05, 3.63) is 29.8 Å². The van der Waals surface area contributed by atoms with E-state index in [0.717, 1.165) is 25.0 Å². The lowest BCUT2D eigenvalue weighted by Crippen LogP contribution is -2.45. The summed E-state index contributed by atoms with van der Waals surface area (Å²) in [7, 11) is 1.84. The van der Waals surface area contributed by atoms with Gasteiger partial charge < -0.3 is 15.1 Å². The standard InChI is InChI=1S/C17H21F2N3O2/c1-20-10-12-3-2-7-21(12)16(23)13-6-8-22(17(13)24)11-4-5-14(18)15(19)9-11/h4-5,9,12-13,20H,2-3,6-8,10H2,1H3. The van der Waals surface area contributed by atoms with Crippen molar-refractivity contribution in [2.24, 2.45) is 5.92 Å². The first-order chi connectivity index (χ1) is 11.5. The highest BCUT2D eigenvalue weighted by Gasteiger charge is 2.42. The number of hydrogen-bond donors (Lipinski definition) is 1. The molecule has 2 atom stereocenters. The lowest BCUT2D eigenvalue weighted by molar-refractivity contribution is -0.140. The van der Waals surface area contributed by atoms with Crippen LogP contribution in [0.2, 0.25) is 0 Å². The molecular weight excluding hydrogens is 316 g/mol. The van der Waals surface area contributed by atoms with Crippen molar-refractivity contribution in [1.29, 1.82) is 0 Å². The van der Waals surface area contributed by atoms with Gasteiger partial charge in [0.05, 0.1) is 0 Å². The van der Waals surface area contributed by atoms with E-state index in [4.69, 9.17) is 0 Å². The number of nitrogens with one attached hydrogen (secondary N) is 1. The van der Waals surface area contributed by atoms with Crippen LogP contribution in [0, 0.1) is 17.6 Å². The molecule has 130 valence electrons. The van der Waals surface area contributed by atoms with Gasteiger partial charge in [0.25, 0.3) is 0 Å². The average molecular weight is 337 g/mol. The number of nitrogens with zero attached hydrogens (tertiary/aromatic N) is 2. The minimum Gasteiger partial charge on any atom is -0.338 e. The largest absolute Gasteiger partial charge is 0.338 e. The fraction of sp³-hybridized carbons (Fsp3) is 0.529. The molecule has 1 N–H and O–H groups in total. The number of likely N-dealkylation sites (N-methyl/N-ethyl adjacent to an activating group) is 1. The molecule has 0 spiro atoms. The van der Waals surface area contributed by atoms with Gasteiger partial charge in [0.15, 0.2) is 11.6 Å². The normalized spacial score (nSPS) is 24.0. The van der Waals surface area contributed by atoms with Gasteiger partial charge in [-0.15, -0.1) is 0 Å². The summed E-state index contributed by atoms with van der Waals surface area (Å²) in [6.45, 7) is 1.71. The molecule has 0 saturated carbocycles. The molecule has 5 nitrogen and oxygen atoms in total. The SMILES string of the molecule is CNCC1CCCN1C(=O)C1CCN(c2ccc(F)c(F)c2)C1=O. The van der Waals surface area contributed by atoms with Gasteiger partial charge in [0, 0.05) is 37.4 Å². The Morgan fingerprint density at radius 3 is 2.75 bits per heavy atom. The molecular formula is C17H21F2N3O2. The van der Waals surface area contributed by atoms with E-state index in [1.807, 2.05) is 7.05 Å². The quantitative estimate of drug-likeness (QED) is 0.848. The van der Waals surface area contributed by atoms with Crippen molar-refractivity contribution in [1.82, 2.24) is 10.2 Å². The molecule has 2 unspecified atom stereocenters. The Bertz CT molecular complexity index is 653. The number of carbonyl (C=O) groups is 2. The number of anilines is 1. The number of hydrogen-bond acceptors (Lipinski definition) is 3. The molecule has 2 amide bonds. The summed E-state index contributed by atoms with van der Waals surface area (Å²) < 4.78 is 26.5. The zero-order chi connectivity index (χ0) is 17.3. The highest BCUT2D eigenvalue weighted by atomic mass is 19.2. The molecule has 7 heteroatoms. The van der Waals surface area contributed by atoms with E-state index >= 15 is 0 Å². The van der Waals surface area contributed by atoms with Gasteiger partial charge in [0.1, 0.15) is 5.92 Å². The van der Waals surface area contributed by atoms with E-state index in [2.05, 4.69) is 5.32 Å². The molecule has 0 radical (unpaired) electrons. The minimum atomic E-state index is -0.997. The van der Waals surface area contributed by atoms with Crippen molar-refractivity contribution in [3.8, 4) is 0 Å². The Balaban J connectivity index is 1.73. The number of halogens is 2. The predicted molar refractivity (Wildman–Crippen MR) is 85.5 cm³/mol. The van der Waals surface area contributed by atoms with Crippen LogP contribution >= 0.6 is 0 Å². The fourth-order valence-corrected chi connectivity index (χ4v) is 3.59. The number of benzene rings is 1. The third-order valence-electron chi connectivity index (χ3n) is 4.82. The topological polar surface area (TPSA) is 52.7 Å². The highest BCUT2D eigenvalue weighted by molar-refractivity contribution is 6.09. The van der Waals surface area contributed by atoms with Crippen LogP contribution in [-0.2, 0) is 9.59 Å². The van der Waals surface area contributed by atoms with Gasteiger partial charge >= 0.3 is 0 Å². The molecule has 1 aromatic carbocycles. The summed E-state index contributed by atoms with van der Waals surface area (Å²) in [5.74, 6) is -3.16. The van der Waals surface area contributed by atoms with Crippen molar-refractivity contribution >= 4 is 17.5 Å². The van der Waals surface area contributed by atoms with Gasteiger partial charge in [-0.1, -0.05) is 0 Å².